The third kappa shape index (κ3) is 4.70. The third-order valence-electron chi connectivity index (χ3n) is 5.97. The van der Waals surface area contributed by atoms with Gasteiger partial charge in [0.1, 0.15) is 6.54 Å². The molecule has 1 amide bonds. The number of hydrogen-bond donors (Lipinski definition) is 2. The fourth-order valence-electron chi connectivity index (χ4n) is 4.02. The Kier molecular flexibility index (Phi) is 6.67. The second kappa shape index (κ2) is 9.01. The smallest absolute Gasteiger partial charge is 0.240 e. The molecule has 0 saturated heterocycles. The van der Waals surface area contributed by atoms with Crippen LogP contribution in [0.4, 0.5) is 0 Å². The van der Waals surface area contributed by atoms with Crippen molar-refractivity contribution in [2.24, 2.45) is 0 Å². The lowest BCUT2D eigenvalue weighted by Gasteiger charge is -2.39. The molecule has 0 bridgehead atoms. The van der Waals surface area contributed by atoms with Crippen LogP contribution in [0.5, 0.6) is 0 Å². The molecule has 1 fully saturated rings. The molecule has 2 N–H and O–H groups in total. The van der Waals surface area contributed by atoms with Gasteiger partial charge in [0, 0.05) is 17.6 Å². The molecule has 0 spiro atoms. The lowest BCUT2D eigenvalue weighted by Crippen LogP contribution is -2.52. The van der Waals surface area contributed by atoms with Crippen molar-refractivity contribution >= 4 is 18.1 Å². The van der Waals surface area contributed by atoms with Crippen molar-refractivity contribution in [1.29, 1.82) is 0 Å². The first-order chi connectivity index (χ1) is 13.4. The second-order valence-corrected chi connectivity index (χ2v) is 8.50. The Morgan fingerprint density at radius 2 is 1.86 bits per heavy atom. The topological polar surface area (TPSA) is 66.0 Å². The van der Waals surface area contributed by atoms with Gasteiger partial charge in [0.2, 0.25) is 5.91 Å². The van der Waals surface area contributed by atoms with Crippen LogP contribution < -0.4 is 5.32 Å². The molecule has 6 nitrogen and oxygen atoms in total. The van der Waals surface area contributed by atoms with E-state index in [4.69, 9.17) is 12.2 Å². The normalized spacial score (nSPS) is 16.7. The van der Waals surface area contributed by atoms with Crippen molar-refractivity contribution < 1.29 is 4.79 Å². The van der Waals surface area contributed by atoms with Crippen LogP contribution >= 0.6 is 12.2 Å². The Hall–Kier alpha value is -1.99. The predicted octanol–water partition coefficient (Wildman–Crippen LogP) is 3.69. The predicted molar refractivity (Wildman–Crippen MR) is 115 cm³/mol. The van der Waals surface area contributed by atoms with Gasteiger partial charge in [-0.3, -0.25) is 14.5 Å². The summed E-state index contributed by atoms with van der Waals surface area (Å²) in [5, 5.41) is 10.3. The molecule has 1 aromatic carbocycles. The molecule has 1 saturated carbocycles. The SMILES string of the molecule is Cc1ccc(-c2n[nH]c(=S)n2CC(=O)NCC2(N(C)C)CCCCCC2)cc1. The molecule has 0 unspecified atom stereocenters. The van der Waals surface area contributed by atoms with E-state index in [1.165, 1.54) is 31.2 Å². The van der Waals surface area contributed by atoms with E-state index in [0.717, 1.165) is 18.4 Å². The third-order valence-corrected chi connectivity index (χ3v) is 6.28. The number of aryl methyl sites for hydroxylation is 1. The standard InChI is InChI=1S/C21H31N5OS/c1-16-8-10-17(11-9-16)19-23-24-20(28)26(19)14-18(27)22-15-21(25(2)3)12-6-4-5-7-13-21/h8-11H,4-7,12-15H2,1-3H3,(H,22,27)(H,24,28). The number of H-pyrrole nitrogens is 1. The van der Waals surface area contributed by atoms with Gasteiger partial charge in [-0.25, -0.2) is 0 Å². The summed E-state index contributed by atoms with van der Waals surface area (Å²) >= 11 is 5.36. The summed E-state index contributed by atoms with van der Waals surface area (Å²) in [4.78, 5) is 15.0. The minimum atomic E-state index is -0.0312. The van der Waals surface area contributed by atoms with Crippen LogP contribution in [0.3, 0.4) is 0 Å². The summed E-state index contributed by atoms with van der Waals surface area (Å²) in [6.07, 6.45) is 7.26. The summed E-state index contributed by atoms with van der Waals surface area (Å²) in [5.74, 6) is 0.660. The number of nitrogens with zero attached hydrogens (tertiary/aromatic N) is 3. The Balaban J connectivity index is 1.70. The van der Waals surface area contributed by atoms with Gasteiger partial charge in [-0.15, -0.1) is 0 Å². The lowest BCUT2D eigenvalue weighted by molar-refractivity contribution is -0.122. The van der Waals surface area contributed by atoms with E-state index in [0.29, 0.717) is 17.1 Å². The molecule has 2 aromatic rings. The van der Waals surface area contributed by atoms with Gasteiger partial charge in [0.15, 0.2) is 10.6 Å². The molecule has 0 aliphatic heterocycles. The van der Waals surface area contributed by atoms with Gasteiger partial charge in [-0.1, -0.05) is 55.5 Å². The average molecular weight is 402 g/mol. The van der Waals surface area contributed by atoms with Crippen molar-refractivity contribution in [2.45, 2.75) is 57.5 Å². The number of likely N-dealkylation sites (N-methyl/N-ethyl adjacent to an activating group) is 1. The number of nitrogens with one attached hydrogen (secondary N) is 2. The van der Waals surface area contributed by atoms with Crippen LogP contribution in [0.2, 0.25) is 0 Å². The summed E-state index contributed by atoms with van der Waals surface area (Å²) < 4.78 is 2.23. The minimum Gasteiger partial charge on any atom is -0.353 e. The van der Waals surface area contributed by atoms with Gasteiger partial charge in [0.05, 0.1) is 0 Å². The largest absolute Gasteiger partial charge is 0.353 e. The van der Waals surface area contributed by atoms with Crippen molar-refractivity contribution in [2.75, 3.05) is 20.6 Å². The minimum absolute atomic E-state index is 0.0312. The van der Waals surface area contributed by atoms with Crippen LogP contribution in [-0.2, 0) is 11.3 Å². The Morgan fingerprint density at radius 3 is 2.46 bits per heavy atom. The molecule has 3 rings (SSSR count). The fourth-order valence-corrected chi connectivity index (χ4v) is 4.22. The Bertz CT molecular complexity index is 844. The van der Waals surface area contributed by atoms with E-state index in [2.05, 4.69) is 34.5 Å². The fraction of sp³-hybridized carbons (Fsp3) is 0.571. The molecular weight excluding hydrogens is 370 g/mol. The van der Waals surface area contributed by atoms with Crippen molar-refractivity contribution in [1.82, 2.24) is 25.0 Å². The Labute approximate surface area is 172 Å². The highest BCUT2D eigenvalue weighted by atomic mass is 32.1. The molecule has 28 heavy (non-hydrogen) atoms. The van der Waals surface area contributed by atoms with E-state index in [9.17, 15) is 4.79 Å². The van der Waals surface area contributed by atoms with Crippen LogP contribution in [0.1, 0.15) is 44.1 Å². The number of amides is 1. The summed E-state index contributed by atoms with van der Waals surface area (Å²) in [6, 6.07) is 8.07. The van der Waals surface area contributed by atoms with Gasteiger partial charge in [0.25, 0.3) is 0 Å². The van der Waals surface area contributed by atoms with E-state index in [1.807, 2.05) is 31.2 Å². The van der Waals surface area contributed by atoms with Gasteiger partial charge < -0.3 is 10.2 Å². The number of carbonyl (C=O) groups is 1. The summed E-state index contributed by atoms with van der Waals surface area (Å²) in [7, 11) is 4.25. The van der Waals surface area contributed by atoms with Crippen molar-refractivity contribution in [3.63, 3.8) is 0 Å². The van der Waals surface area contributed by atoms with Crippen LogP contribution in [0, 0.1) is 11.7 Å². The first kappa shape index (κ1) is 20.7. The maximum absolute atomic E-state index is 12.8. The molecule has 1 aliphatic carbocycles. The quantitative estimate of drug-likeness (QED) is 0.572. The first-order valence-corrected chi connectivity index (χ1v) is 10.5. The number of aromatic nitrogens is 3. The molecule has 0 radical (unpaired) electrons. The molecule has 0 atom stereocenters. The monoisotopic (exact) mass is 401 g/mol. The van der Waals surface area contributed by atoms with E-state index >= 15 is 0 Å². The van der Waals surface area contributed by atoms with Crippen LogP contribution in [0.15, 0.2) is 24.3 Å². The van der Waals surface area contributed by atoms with E-state index in [1.54, 1.807) is 4.57 Å². The maximum atomic E-state index is 12.8. The van der Waals surface area contributed by atoms with Gasteiger partial charge >= 0.3 is 0 Å². The number of benzene rings is 1. The number of aromatic amines is 1. The van der Waals surface area contributed by atoms with Gasteiger partial charge in [-0.05, 0) is 46.1 Å². The summed E-state index contributed by atoms with van der Waals surface area (Å²) in [6.45, 7) is 2.88. The zero-order valence-corrected chi connectivity index (χ0v) is 17.9. The van der Waals surface area contributed by atoms with E-state index in [-0.39, 0.29) is 18.0 Å². The maximum Gasteiger partial charge on any atom is 0.240 e. The number of rotatable bonds is 6. The van der Waals surface area contributed by atoms with Crippen LogP contribution in [-0.4, -0.2) is 51.8 Å². The highest BCUT2D eigenvalue weighted by molar-refractivity contribution is 7.71. The van der Waals surface area contributed by atoms with Crippen LogP contribution in [0.25, 0.3) is 11.4 Å². The molecule has 1 aromatic heterocycles. The summed E-state index contributed by atoms with van der Waals surface area (Å²) in [5.41, 5.74) is 2.17. The zero-order chi connectivity index (χ0) is 20.1. The molecule has 7 heteroatoms. The highest BCUT2D eigenvalue weighted by Gasteiger charge is 2.33. The average Bonchev–Trinajstić information content (AvgIpc) is 2.88. The Morgan fingerprint density at radius 1 is 1.21 bits per heavy atom. The molecule has 1 aliphatic rings. The zero-order valence-electron chi connectivity index (χ0n) is 17.1. The molecular formula is C21H31N5OS. The molecule has 1 heterocycles. The number of hydrogen-bond acceptors (Lipinski definition) is 4. The van der Waals surface area contributed by atoms with Crippen molar-refractivity contribution in [3.8, 4) is 11.4 Å². The van der Waals surface area contributed by atoms with E-state index < -0.39 is 0 Å². The van der Waals surface area contributed by atoms with Crippen molar-refractivity contribution in [3.05, 3.63) is 34.6 Å². The van der Waals surface area contributed by atoms with Gasteiger partial charge in [-0.2, -0.15) is 5.10 Å². The first-order valence-electron chi connectivity index (χ1n) is 10.1. The second-order valence-electron chi connectivity index (χ2n) is 8.11. The molecule has 152 valence electrons. The highest BCUT2D eigenvalue weighted by Crippen LogP contribution is 2.30. The lowest BCUT2D eigenvalue weighted by atomic mass is 9.88. The number of carbonyl (C=O) groups excluding carboxylic acids is 1.